The highest BCUT2D eigenvalue weighted by molar-refractivity contribution is 5.96. The minimum atomic E-state index is -0.590. The normalized spacial score (nSPS) is 22.8. The molecule has 8 nitrogen and oxygen atoms in total. The van der Waals surface area contributed by atoms with E-state index in [2.05, 4.69) is 5.32 Å². The molecule has 0 saturated carbocycles. The molecular formula is C20H33N3O5. The van der Waals surface area contributed by atoms with Gasteiger partial charge in [0.15, 0.2) is 5.78 Å². The summed E-state index contributed by atoms with van der Waals surface area (Å²) in [6, 6.07) is -0.846. The predicted molar refractivity (Wildman–Crippen MR) is 104 cm³/mol. The van der Waals surface area contributed by atoms with E-state index in [1.165, 1.54) is 11.8 Å². The summed E-state index contributed by atoms with van der Waals surface area (Å²) < 4.78 is 5.36. The Balaban J connectivity index is 1.89. The highest BCUT2D eigenvalue weighted by Gasteiger charge is 2.51. The molecule has 0 spiro atoms. The average molecular weight is 396 g/mol. The zero-order valence-corrected chi connectivity index (χ0v) is 17.6. The lowest BCUT2D eigenvalue weighted by molar-refractivity contribution is -0.133. The molecule has 0 bridgehead atoms. The van der Waals surface area contributed by atoms with E-state index in [0.717, 1.165) is 0 Å². The van der Waals surface area contributed by atoms with Crippen molar-refractivity contribution in [1.29, 1.82) is 0 Å². The summed E-state index contributed by atoms with van der Waals surface area (Å²) in [5.41, 5.74) is -0.148. The van der Waals surface area contributed by atoms with Gasteiger partial charge in [0.25, 0.3) is 0 Å². The van der Waals surface area contributed by atoms with Gasteiger partial charge in [0.05, 0.1) is 19.2 Å². The quantitative estimate of drug-likeness (QED) is 0.737. The Hall–Kier alpha value is -2.12. The first-order chi connectivity index (χ1) is 13.0. The molecule has 0 aromatic rings. The highest BCUT2D eigenvalue weighted by atomic mass is 16.6. The van der Waals surface area contributed by atoms with Crippen LogP contribution in [0.5, 0.6) is 0 Å². The van der Waals surface area contributed by atoms with Crippen LogP contribution in [0.2, 0.25) is 0 Å². The SMILES string of the molecule is CC(=O)NCC(C)CCC(=O)N1CC(=O)[C@@H]2[C@H]1CCN2C(=O)OCC(C)(C)C. The lowest BCUT2D eigenvalue weighted by atomic mass is 9.99. The van der Waals surface area contributed by atoms with E-state index in [9.17, 15) is 19.2 Å². The van der Waals surface area contributed by atoms with E-state index >= 15 is 0 Å². The maximum atomic E-state index is 12.7. The van der Waals surface area contributed by atoms with Crippen molar-refractivity contribution in [3.8, 4) is 0 Å². The van der Waals surface area contributed by atoms with Gasteiger partial charge in [0.1, 0.15) is 6.04 Å². The number of likely N-dealkylation sites (tertiary alicyclic amines) is 2. The first-order valence-electron chi connectivity index (χ1n) is 9.99. The molecule has 0 aromatic heterocycles. The number of ether oxygens (including phenoxy) is 1. The van der Waals surface area contributed by atoms with Crippen molar-refractivity contribution in [3.63, 3.8) is 0 Å². The van der Waals surface area contributed by atoms with Crippen LogP contribution in [-0.4, -0.2) is 71.8 Å². The Labute approximate surface area is 166 Å². The summed E-state index contributed by atoms with van der Waals surface area (Å²) in [5.74, 6) is -0.0831. The highest BCUT2D eigenvalue weighted by Crippen LogP contribution is 2.31. The van der Waals surface area contributed by atoms with E-state index in [0.29, 0.717) is 32.4 Å². The molecule has 3 amide bonds. The van der Waals surface area contributed by atoms with Crippen LogP contribution >= 0.6 is 0 Å². The second kappa shape index (κ2) is 8.92. The van der Waals surface area contributed by atoms with E-state index < -0.39 is 12.1 Å². The van der Waals surface area contributed by atoms with Gasteiger partial charge in [-0.25, -0.2) is 4.79 Å². The number of fused-ring (bicyclic) bond motifs is 1. The van der Waals surface area contributed by atoms with E-state index in [4.69, 9.17) is 4.74 Å². The van der Waals surface area contributed by atoms with Crippen LogP contribution in [0.4, 0.5) is 4.79 Å². The van der Waals surface area contributed by atoms with Crippen LogP contribution in [0.3, 0.4) is 0 Å². The predicted octanol–water partition coefficient (Wildman–Crippen LogP) is 1.58. The first-order valence-corrected chi connectivity index (χ1v) is 9.99. The molecule has 0 radical (unpaired) electrons. The monoisotopic (exact) mass is 395 g/mol. The fraction of sp³-hybridized carbons (Fsp3) is 0.800. The van der Waals surface area contributed by atoms with Gasteiger partial charge in [0.2, 0.25) is 11.8 Å². The summed E-state index contributed by atoms with van der Waals surface area (Å²) in [5, 5.41) is 2.75. The van der Waals surface area contributed by atoms with Crippen LogP contribution in [-0.2, 0) is 19.1 Å². The summed E-state index contributed by atoms with van der Waals surface area (Å²) >= 11 is 0. The molecule has 2 fully saturated rings. The summed E-state index contributed by atoms with van der Waals surface area (Å²) in [4.78, 5) is 51.7. The van der Waals surface area contributed by atoms with E-state index in [-0.39, 0.29) is 48.1 Å². The summed E-state index contributed by atoms with van der Waals surface area (Å²) in [7, 11) is 0. The standard InChI is InChI=1S/C20H33N3O5/c1-13(10-21-14(2)24)6-7-17(26)23-11-16(25)18-15(23)8-9-22(18)19(27)28-12-20(3,4)5/h13,15,18H,6-12H2,1-5H3,(H,21,24)/t13?,15-,18+/m1/s1. The Kier molecular flexibility index (Phi) is 7.06. The van der Waals surface area contributed by atoms with Crippen molar-refractivity contribution in [1.82, 2.24) is 15.1 Å². The van der Waals surface area contributed by atoms with Crippen LogP contribution in [0.25, 0.3) is 0 Å². The van der Waals surface area contributed by atoms with Crippen molar-refractivity contribution >= 4 is 23.7 Å². The molecule has 1 unspecified atom stereocenters. The molecule has 2 aliphatic heterocycles. The summed E-state index contributed by atoms with van der Waals surface area (Å²) in [6.07, 6.45) is 1.08. The molecule has 0 aromatic carbocycles. The zero-order chi connectivity index (χ0) is 21.1. The Morgan fingerprint density at radius 3 is 2.54 bits per heavy atom. The van der Waals surface area contributed by atoms with Crippen molar-refractivity contribution in [2.24, 2.45) is 11.3 Å². The second-order valence-corrected chi connectivity index (χ2v) is 9.18. The van der Waals surface area contributed by atoms with Crippen molar-refractivity contribution in [2.45, 2.75) is 66.0 Å². The minimum absolute atomic E-state index is 0.0529. The fourth-order valence-electron chi connectivity index (χ4n) is 3.64. The van der Waals surface area contributed by atoms with Gasteiger partial charge in [0, 0.05) is 26.4 Å². The first kappa shape index (κ1) is 22.2. The average Bonchev–Trinajstić information content (AvgIpc) is 3.16. The number of hydrogen-bond acceptors (Lipinski definition) is 5. The molecule has 2 saturated heterocycles. The third kappa shape index (κ3) is 5.69. The Morgan fingerprint density at radius 1 is 1.25 bits per heavy atom. The molecule has 8 heteroatoms. The van der Waals surface area contributed by atoms with Crippen molar-refractivity contribution in [3.05, 3.63) is 0 Å². The molecule has 1 N–H and O–H groups in total. The smallest absolute Gasteiger partial charge is 0.410 e. The van der Waals surface area contributed by atoms with Gasteiger partial charge in [-0.3, -0.25) is 19.3 Å². The van der Waals surface area contributed by atoms with E-state index in [1.54, 1.807) is 4.90 Å². The van der Waals surface area contributed by atoms with Gasteiger partial charge in [-0.1, -0.05) is 27.7 Å². The number of nitrogens with zero attached hydrogens (tertiary/aromatic N) is 2. The zero-order valence-electron chi connectivity index (χ0n) is 17.6. The van der Waals surface area contributed by atoms with E-state index in [1.807, 2.05) is 27.7 Å². The molecular weight excluding hydrogens is 362 g/mol. The number of rotatable bonds is 6. The maximum absolute atomic E-state index is 12.7. The third-order valence-electron chi connectivity index (χ3n) is 5.16. The van der Waals surface area contributed by atoms with Gasteiger partial charge >= 0.3 is 6.09 Å². The summed E-state index contributed by atoms with van der Waals surface area (Å²) in [6.45, 7) is 10.6. The van der Waals surface area contributed by atoms with Crippen LogP contribution < -0.4 is 5.32 Å². The minimum Gasteiger partial charge on any atom is -0.449 e. The third-order valence-corrected chi connectivity index (χ3v) is 5.16. The van der Waals surface area contributed by atoms with Gasteiger partial charge < -0.3 is 15.0 Å². The maximum Gasteiger partial charge on any atom is 0.410 e. The Bertz CT molecular complexity index is 628. The van der Waals surface area contributed by atoms with Gasteiger partial charge in [-0.05, 0) is 24.2 Å². The molecule has 158 valence electrons. The molecule has 2 heterocycles. The largest absolute Gasteiger partial charge is 0.449 e. The number of hydrogen-bond donors (Lipinski definition) is 1. The van der Waals surface area contributed by atoms with Gasteiger partial charge in [-0.2, -0.15) is 0 Å². The number of carbonyl (C=O) groups is 4. The molecule has 28 heavy (non-hydrogen) atoms. The van der Waals surface area contributed by atoms with Crippen LogP contribution in [0.15, 0.2) is 0 Å². The topological polar surface area (TPSA) is 96.0 Å². The lowest BCUT2D eigenvalue weighted by Crippen LogP contribution is -2.44. The fourth-order valence-corrected chi connectivity index (χ4v) is 3.64. The second-order valence-electron chi connectivity index (χ2n) is 9.18. The molecule has 2 aliphatic rings. The Morgan fingerprint density at radius 2 is 1.93 bits per heavy atom. The lowest BCUT2D eigenvalue weighted by Gasteiger charge is -2.25. The van der Waals surface area contributed by atoms with Crippen LogP contribution in [0.1, 0.15) is 53.9 Å². The number of carbonyl (C=O) groups excluding carboxylic acids is 4. The number of amides is 3. The van der Waals surface area contributed by atoms with Crippen molar-refractivity contribution < 1.29 is 23.9 Å². The molecule has 2 rings (SSSR count). The number of ketones is 1. The van der Waals surface area contributed by atoms with Crippen molar-refractivity contribution in [2.75, 3.05) is 26.2 Å². The van der Waals surface area contributed by atoms with Gasteiger partial charge in [-0.15, -0.1) is 0 Å². The van der Waals surface area contributed by atoms with Crippen LogP contribution in [0, 0.1) is 11.3 Å². The molecule has 3 atom stereocenters. The number of nitrogens with one attached hydrogen (secondary N) is 1. The number of Topliss-reactive ketones (excluding diaryl/α,β-unsaturated/α-hetero) is 1. The molecule has 0 aliphatic carbocycles.